The molecule has 100 valence electrons. The minimum absolute atomic E-state index is 0.0338. The smallest absolute Gasteiger partial charge is 0.167 e. The molecule has 0 aliphatic heterocycles. The molecule has 1 rings (SSSR count). The van der Waals surface area contributed by atoms with Crippen molar-refractivity contribution in [3.8, 4) is 0 Å². The predicted molar refractivity (Wildman–Crippen MR) is 66.0 cm³/mol. The van der Waals surface area contributed by atoms with E-state index in [0.717, 1.165) is 0 Å². The first-order valence-electron chi connectivity index (χ1n) is 5.91. The fourth-order valence-electron chi connectivity index (χ4n) is 1.70. The maximum atomic E-state index is 13.3. The summed E-state index contributed by atoms with van der Waals surface area (Å²) in [5.41, 5.74) is 0.0884. The Morgan fingerprint density at radius 1 is 1.11 bits per heavy atom. The van der Waals surface area contributed by atoms with Crippen molar-refractivity contribution in [2.75, 3.05) is 32.8 Å². The number of carbonyl (C=O) groups is 1. The van der Waals surface area contributed by atoms with Gasteiger partial charge in [0.15, 0.2) is 5.78 Å². The first kappa shape index (κ1) is 14.8. The molecule has 0 atom stereocenters. The van der Waals surface area contributed by atoms with Gasteiger partial charge in [0.05, 0.1) is 18.8 Å². The van der Waals surface area contributed by atoms with Gasteiger partial charge >= 0.3 is 0 Å². The third-order valence-electron chi connectivity index (χ3n) is 2.66. The SMILES string of the molecule is O=C(CCN(CCO)CCO)c1ccccc1F. The second-order valence-corrected chi connectivity index (χ2v) is 3.94. The molecule has 0 amide bonds. The van der Waals surface area contributed by atoms with Crippen LogP contribution in [0, 0.1) is 5.82 Å². The molecular formula is C13H18FNO3. The molecule has 18 heavy (non-hydrogen) atoms. The Bertz CT molecular complexity index is 378. The van der Waals surface area contributed by atoms with Crippen molar-refractivity contribution in [3.05, 3.63) is 35.6 Å². The summed E-state index contributed by atoms with van der Waals surface area (Å²) in [6.07, 6.45) is 0.168. The topological polar surface area (TPSA) is 60.8 Å². The molecule has 0 unspecified atom stereocenters. The summed E-state index contributed by atoms with van der Waals surface area (Å²) in [5.74, 6) is -0.785. The number of ketones is 1. The molecule has 0 aliphatic rings. The number of hydrogen-bond donors (Lipinski definition) is 2. The minimum Gasteiger partial charge on any atom is -0.395 e. The van der Waals surface area contributed by atoms with Crippen molar-refractivity contribution in [2.24, 2.45) is 0 Å². The number of benzene rings is 1. The quantitative estimate of drug-likeness (QED) is 0.671. The lowest BCUT2D eigenvalue weighted by molar-refractivity contribution is 0.0943. The lowest BCUT2D eigenvalue weighted by Crippen LogP contribution is -2.32. The summed E-state index contributed by atoms with van der Waals surface area (Å²) in [4.78, 5) is 13.5. The highest BCUT2D eigenvalue weighted by Crippen LogP contribution is 2.09. The van der Waals surface area contributed by atoms with Crippen molar-refractivity contribution in [1.82, 2.24) is 4.90 Å². The van der Waals surface area contributed by atoms with Gasteiger partial charge in [0.25, 0.3) is 0 Å². The standard InChI is InChI=1S/C13H18FNO3/c14-12-4-2-1-3-11(12)13(18)5-6-15(7-9-16)8-10-17/h1-4,16-17H,5-10H2. The molecule has 0 fully saturated rings. The fourth-order valence-corrected chi connectivity index (χ4v) is 1.70. The molecule has 5 heteroatoms. The molecule has 0 bridgehead atoms. The Labute approximate surface area is 106 Å². The van der Waals surface area contributed by atoms with E-state index < -0.39 is 5.82 Å². The van der Waals surface area contributed by atoms with Crippen molar-refractivity contribution >= 4 is 5.78 Å². The maximum absolute atomic E-state index is 13.3. The molecule has 1 aromatic rings. The van der Waals surface area contributed by atoms with Gasteiger partial charge in [0.2, 0.25) is 0 Å². The van der Waals surface area contributed by atoms with Crippen LogP contribution in [0.4, 0.5) is 4.39 Å². The molecule has 0 aliphatic carbocycles. The number of halogens is 1. The van der Waals surface area contributed by atoms with Crippen LogP contribution < -0.4 is 0 Å². The van der Waals surface area contributed by atoms with Gasteiger partial charge in [-0.25, -0.2) is 4.39 Å². The fraction of sp³-hybridized carbons (Fsp3) is 0.462. The molecule has 0 saturated carbocycles. The monoisotopic (exact) mass is 255 g/mol. The van der Waals surface area contributed by atoms with E-state index in [1.165, 1.54) is 18.2 Å². The molecule has 0 saturated heterocycles. The zero-order valence-electron chi connectivity index (χ0n) is 10.2. The van der Waals surface area contributed by atoms with Crippen LogP contribution in [0.3, 0.4) is 0 Å². The van der Waals surface area contributed by atoms with Crippen molar-refractivity contribution in [1.29, 1.82) is 0 Å². The number of nitrogens with zero attached hydrogens (tertiary/aromatic N) is 1. The third-order valence-corrected chi connectivity index (χ3v) is 2.66. The van der Waals surface area contributed by atoms with E-state index in [-0.39, 0.29) is 31.0 Å². The number of aliphatic hydroxyl groups excluding tert-OH is 2. The first-order valence-corrected chi connectivity index (χ1v) is 5.91. The second-order valence-electron chi connectivity index (χ2n) is 3.94. The summed E-state index contributed by atoms with van der Waals surface area (Å²) >= 11 is 0. The van der Waals surface area contributed by atoms with Crippen LogP contribution in [-0.4, -0.2) is 53.7 Å². The van der Waals surface area contributed by atoms with Crippen molar-refractivity contribution in [3.63, 3.8) is 0 Å². The number of Topliss-reactive ketones (excluding diaryl/α,β-unsaturated/α-hetero) is 1. The van der Waals surface area contributed by atoms with Gasteiger partial charge in [-0.05, 0) is 12.1 Å². The van der Waals surface area contributed by atoms with E-state index >= 15 is 0 Å². The molecule has 0 radical (unpaired) electrons. The lowest BCUT2D eigenvalue weighted by atomic mass is 10.1. The van der Waals surface area contributed by atoms with Gasteiger partial charge in [-0.2, -0.15) is 0 Å². The van der Waals surface area contributed by atoms with E-state index in [9.17, 15) is 9.18 Å². The van der Waals surface area contributed by atoms with Crippen LogP contribution in [0.5, 0.6) is 0 Å². The van der Waals surface area contributed by atoms with E-state index in [1.807, 2.05) is 0 Å². The summed E-state index contributed by atoms with van der Waals surface area (Å²) < 4.78 is 13.3. The van der Waals surface area contributed by atoms with Gasteiger partial charge in [0.1, 0.15) is 5.82 Å². The summed E-state index contributed by atoms with van der Waals surface area (Å²) in [6, 6.07) is 5.87. The third kappa shape index (κ3) is 4.52. The van der Waals surface area contributed by atoms with E-state index in [0.29, 0.717) is 19.6 Å². The highest BCUT2D eigenvalue weighted by molar-refractivity contribution is 5.96. The van der Waals surface area contributed by atoms with Crippen LogP contribution in [0.15, 0.2) is 24.3 Å². The molecule has 0 spiro atoms. The summed E-state index contributed by atoms with van der Waals surface area (Å²) in [6.45, 7) is 1.12. The Morgan fingerprint density at radius 3 is 2.28 bits per heavy atom. The Morgan fingerprint density at radius 2 is 1.72 bits per heavy atom. The van der Waals surface area contributed by atoms with E-state index in [1.54, 1.807) is 11.0 Å². The Balaban J connectivity index is 2.52. The lowest BCUT2D eigenvalue weighted by Gasteiger charge is -2.19. The number of aliphatic hydroxyl groups is 2. The van der Waals surface area contributed by atoms with Gasteiger partial charge in [-0.3, -0.25) is 9.69 Å². The van der Waals surface area contributed by atoms with Crippen LogP contribution in [0.25, 0.3) is 0 Å². The van der Waals surface area contributed by atoms with Gasteiger partial charge in [-0.1, -0.05) is 12.1 Å². The van der Waals surface area contributed by atoms with Gasteiger partial charge < -0.3 is 10.2 Å². The Hall–Kier alpha value is -1.30. The van der Waals surface area contributed by atoms with Crippen molar-refractivity contribution < 1.29 is 19.4 Å². The second kappa shape index (κ2) is 7.92. The molecule has 0 heterocycles. The van der Waals surface area contributed by atoms with Gasteiger partial charge in [-0.15, -0.1) is 0 Å². The zero-order valence-corrected chi connectivity index (χ0v) is 10.2. The predicted octanol–water partition coefficient (Wildman–Crippen LogP) is 0.685. The normalized spacial score (nSPS) is 10.9. The largest absolute Gasteiger partial charge is 0.395 e. The molecule has 4 nitrogen and oxygen atoms in total. The number of carbonyl (C=O) groups excluding carboxylic acids is 1. The van der Waals surface area contributed by atoms with Crippen molar-refractivity contribution in [2.45, 2.75) is 6.42 Å². The molecular weight excluding hydrogens is 237 g/mol. The first-order chi connectivity index (χ1) is 8.69. The highest BCUT2D eigenvalue weighted by Gasteiger charge is 2.12. The average molecular weight is 255 g/mol. The minimum atomic E-state index is -0.515. The van der Waals surface area contributed by atoms with Gasteiger partial charge in [0, 0.05) is 26.1 Å². The molecule has 2 N–H and O–H groups in total. The molecule has 1 aromatic carbocycles. The van der Waals surface area contributed by atoms with Crippen LogP contribution in [-0.2, 0) is 0 Å². The maximum Gasteiger partial charge on any atom is 0.167 e. The number of hydrogen-bond acceptors (Lipinski definition) is 4. The Kier molecular flexibility index (Phi) is 6.49. The number of rotatable bonds is 8. The zero-order chi connectivity index (χ0) is 13.4. The van der Waals surface area contributed by atoms with Crippen LogP contribution >= 0.6 is 0 Å². The summed E-state index contributed by atoms with van der Waals surface area (Å²) in [7, 11) is 0. The molecule has 0 aromatic heterocycles. The van der Waals surface area contributed by atoms with Crippen LogP contribution in [0.1, 0.15) is 16.8 Å². The highest BCUT2D eigenvalue weighted by atomic mass is 19.1. The van der Waals surface area contributed by atoms with E-state index in [4.69, 9.17) is 10.2 Å². The van der Waals surface area contributed by atoms with E-state index in [2.05, 4.69) is 0 Å². The summed E-state index contributed by atoms with van der Waals surface area (Å²) in [5, 5.41) is 17.6. The van der Waals surface area contributed by atoms with Crippen LogP contribution in [0.2, 0.25) is 0 Å². The average Bonchev–Trinajstić information content (AvgIpc) is 2.36.